The van der Waals surface area contributed by atoms with E-state index in [-0.39, 0.29) is 0 Å². The highest BCUT2D eigenvalue weighted by atomic mass is 16.4. The maximum absolute atomic E-state index is 10.8. The van der Waals surface area contributed by atoms with Crippen LogP contribution in [0.3, 0.4) is 0 Å². The maximum atomic E-state index is 10.8. The van der Waals surface area contributed by atoms with Gasteiger partial charge in [-0.05, 0) is 43.4 Å². The highest BCUT2D eigenvalue weighted by Crippen LogP contribution is 2.32. The molecule has 0 spiro atoms. The molecule has 0 heterocycles. The van der Waals surface area contributed by atoms with Gasteiger partial charge in [0.05, 0.1) is 5.56 Å². The third-order valence-electron chi connectivity index (χ3n) is 3.13. The fraction of sp³-hybridized carbons (Fsp3) is 0.462. The molecule has 1 aromatic carbocycles. The van der Waals surface area contributed by atoms with Crippen LogP contribution < -0.4 is 5.32 Å². The lowest BCUT2D eigenvalue weighted by molar-refractivity contribution is 0.0697. The van der Waals surface area contributed by atoms with E-state index in [4.69, 9.17) is 5.11 Å². The van der Waals surface area contributed by atoms with Gasteiger partial charge >= 0.3 is 5.97 Å². The van der Waals surface area contributed by atoms with Gasteiger partial charge in [0, 0.05) is 12.6 Å². The average molecular weight is 219 g/mol. The summed E-state index contributed by atoms with van der Waals surface area (Å²) in [5, 5.41) is 12.3. The molecule has 0 radical (unpaired) electrons. The zero-order valence-electron chi connectivity index (χ0n) is 9.44. The van der Waals surface area contributed by atoms with Crippen molar-refractivity contribution in [2.75, 3.05) is 0 Å². The number of carboxylic acid groups (broad SMARTS) is 1. The molecule has 1 atom stereocenters. The molecule has 3 heteroatoms. The Morgan fingerprint density at radius 3 is 2.94 bits per heavy atom. The fourth-order valence-corrected chi connectivity index (χ4v) is 1.86. The SMILES string of the molecule is CC(NCc1cccc(C(=O)O)c1)C1CC1. The quantitative estimate of drug-likeness (QED) is 0.798. The first-order valence-electron chi connectivity index (χ1n) is 5.72. The Hall–Kier alpha value is -1.35. The Kier molecular flexibility index (Phi) is 3.25. The molecule has 86 valence electrons. The number of carboxylic acids is 1. The van der Waals surface area contributed by atoms with E-state index in [0.29, 0.717) is 11.6 Å². The van der Waals surface area contributed by atoms with Crippen LogP contribution in [0.5, 0.6) is 0 Å². The van der Waals surface area contributed by atoms with Crippen LogP contribution >= 0.6 is 0 Å². The van der Waals surface area contributed by atoms with Crippen molar-refractivity contribution in [3.05, 3.63) is 35.4 Å². The topological polar surface area (TPSA) is 49.3 Å². The van der Waals surface area contributed by atoms with Gasteiger partial charge in [-0.25, -0.2) is 4.79 Å². The summed E-state index contributed by atoms with van der Waals surface area (Å²) >= 11 is 0. The van der Waals surface area contributed by atoms with Crippen LogP contribution in [0.2, 0.25) is 0 Å². The zero-order chi connectivity index (χ0) is 11.5. The second-order valence-electron chi connectivity index (χ2n) is 4.51. The summed E-state index contributed by atoms with van der Waals surface area (Å²) in [5.74, 6) is -0.0419. The average Bonchev–Trinajstić information content (AvgIpc) is 3.10. The molecule has 1 aliphatic carbocycles. The van der Waals surface area contributed by atoms with Crippen molar-refractivity contribution in [1.82, 2.24) is 5.32 Å². The van der Waals surface area contributed by atoms with Gasteiger partial charge < -0.3 is 10.4 Å². The number of nitrogens with one attached hydrogen (secondary N) is 1. The highest BCUT2D eigenvalue weighted by Gasteiger charge is 2.27. The number of aromatic carboxylic acids is 1. The maximum Gasteiger partial charge on any atom is 0.335 e. The highest BCUT2D eigenvalue weighted by molar-refractivity contribution is 5.87. The predicted molar refractivity (Wildman–Crippen MR) is 62.4 cm³/mol. The van der Waals surface area contributed by atoms with E-state index >= 15 is 0 Å². The van der Waals surface area contributed by atoms with Crippen molar-refractivity contribution in [1.29, 1.82) is 0 Å². The predicted octanol–water partition coefficient (Wildman–Crippen LogP) is 2.27. The molecule has 0 amide bonds. The first kappa shape index (κ1) is 11.1. The van der Waals surface area contributed by atoms with Crippen LogP contribution in [0.25, 0.3) is 0 Å². The molecule has 1 aromatic rings. The van der Waals surface area contributed by atoms with Gasteiger partial charge in [0.1, 0.15) is 0 Å². The van der Waals surface area contributed by atoms with Crippen LogP contribution in [0.4, 0.5) is 0 Å². The molecule has 2 rings (SSSR count). The smallest absolute Gasteiger partial charge is 0.335 e. The van der Waals surface area contributed by atoms with Gasteiger partial charge in [-0.3, -0.25) is 0 Å². The molecule has 0 saturated heterocycles. The van der Waals surface area contributed by atoms with E-state index < -0.39 is 5.97 Å². The van der Waals surface area contributed by atoms with Crippen LogP contribution in [0.15, 0.2) is 24.3 Å². The monoisotopic (exact) mass is 219 g/mol. The van der Waals surface area contributed by atoms with Gasteiger partial charge in [0.25, 0.3) is 0 Å². The second-order valence-corrected chi connectivity index (χ2v) is 4.51. The van der Waals surface area contributed by atoms with Gasteiger partial charge in [-0.2, -0.15) is 0 Å². The lowest BCUT2D eigenvalue weighted by Crippen LogP contribution is -2.27. The van der Waals surface area contributed by atoms with Crippen LogP contribution in [0, 0.1) is 5.92 Å². The van der Waals surface area contributed by atoms with Crippen LogP contribution in [-0.4, -0.2) is 17.1 Å². The summed E-state index contributed by atoms with van der Waals surface area (Å²) in [6, 6.07) is 7.64. The zero-order valence-corrected chi connectivity index (χ0v) is 9.44. The standard InChI is InChI=1S/C13H17NO2/c1-9(11-5-6-11)14-8-10-3-2-4-12(7-10)13(15)16/h2-4,7,9,11,14H,5-6,8H2,1H3,(H,15,16). The van der Waals surface area contributed by atoms with Crippen molar-refractivity contribution in [3.63, 3.8) is 0 Å². The lowest BCUT2D eigenvalue weighted by atomic mass is 10.1. The summed E-state index contributed by atoms with van der Waals surface area (Å²) in [7, 11) is 0. The lowest BCUT2D eigenvalue weighted by Gasteiger charge is -2.12. The Morgan fingerprint density at radius 1 is 1.56 bits per heavy atom. The number of hydrogen-bond donors (Lipinski definition) is 2. The van der Waals surface area contributed by atoms with Gasteiger partial charge in [-0.15, -0.1) is 0 Å². The number of carbonyl (C=O) groups is 1. The van der Waals surface area contributed by atoms with E-state index in [1.807, 2.05) is 6.07 Å². The minimum Gasteiger partial charge on any atom is -0.478 e. The van der Waals surface area contributed by atoms with E-state index in [0.717, 1.165) is 18.0 Å². The first-order valence-corrected chi connectivity index (χ1v) is 5.72. The third-order valence-corrected chi connectivity index (χ3v) is 3.13. The molecule has 0 aliphatic heterocycles. The summed E-state index contributed by atoms with van der Waals surface area (Å²) < 4.78 is 0. The molecule has 0 aromatic heterocycles. The van der Waals surface area contributed by atoms with Crippen molar-refractivity contribution in [3.8, 4) is 0 Å². The minimum atomic E-state index is -0.864. The summed E-state index contributed by atoms with van der Waals surface area (Å²) in [5.41, 5.74) is 1.39. The van der Waals surface area contributed by atoms with Gasteiger partial charge in [0.2, 0.25) is 0 Å². The van der Waals surface area contributed by atoms with Gasteiger partial charge in [-0.1, -0.05) is 12.1 Å². The van der Waals surface area contributed by atoms with Crippen molar-refractivity contribution >= 4 is 5.97 Å². The van der Waals surface area contributed by atoms with Crippen molar-refractivity contribution < 1.29 is 9.90 Å². The minimum absolute atomic E-state index is 0.360. The Balaban J connectivity index is 1.92. The molecule has 0 bridgehead atoms. The number of hydrogen-bond acceptors (Lipinski definition) is 2. The van der Waals surface area contributed by atoms with E-state index in [1.165, 1.54) is 12.8 Å². The number of rotatable bonds is 5. The second kappa shape index (κ2) is 4.66. The largest absolute Gasteiger partial charge is 0.478 e. The molecular weight excluding hydrogens is 202 g/mol. The summed E-state index contributed by atoms with van der Waals surface area (Å²) in [6.45, 7) is 2.94. The molecular formula is C13H17NO2. The van der Waals surface area contributed by atoms with E-state index in [2.05, 4.69) is 12.2 Å². The van der Waals surface area contributed by atoms with Gasteiger partial charge in [0.15, 0.2) is 0 Å². The molecule has 2 N–H and O–H groups in total. The Morgan fingerprint density at radius 2 is 2.31 bits per heavy atom. The molecule has 3 nitrogen and oxygen atoms in total. The molecule has 1 aliphatic rings. The molecule has 1 fully saturated rings. The first-order chi connectivity index (χ1) is 7.66. The summed E-state index contributed by atoms with van der Waals surface area (Å²) in [4.78, 5) is 10.8. The van der Waals surface area contributed by atoms with E-state index in [1.54, 1.807) is 18.2 Å². The van der Waals surface area contributed by atoms with Crippen molar-refractivity contribution in [2.24, 2.45) is 5.92 Å². The van der Waals surface area contributed by atoms with Crippen molar-refractivity contribution in [2.45, 2.75) is 32.4 Å². The molecule has 1 saturated carbocycles. The fourth-order valence-electron chi connectivity index (χ4n) is 1.86. The molecule has 1 unspecified atom stereocenters. The molecule has 16 heavy (non-hydrogen) atoms. The normalized spacial score (nSPS) is 17.1. The van der Waals surface area contributed by atoms with E-state index in [9.17, 15) is 4.79 Å². The third kappa shape index (κ3) is 2.83. The Bertz CT molecular complexity index is 385. The summed E-state index contributed by atoms with van der Waals surface area (Å²) in [6.07, 6.45) is 2.65. The number of benzene rings is 1. The Labute approximate surface area is 95.5 Å². The van der Waals surface area contributed by atoms with Crippen LogP contribution in [-0.2, 0) is 6.54 Å². The van der Waals surface area contributed by atoms with Crippen LogP contribution in [0.1, 0.15) is 35.7 Å².